The molecule has 0 amide bonds. The van der Waals surface area contributed by atoms with Crippen molar-refractivity contribution in [2.75, 3.05) is 6.61 Å². The van der Waals surface area contributed by atoms with E-state index in [1.165, 1.54) is 19.3 Å². The average molecular weight is 316 g/mol. The molecule has 0 unspecified atom stereocenters. The molecule has 1 nitrogen and oxygen atoms in total. The van der Waals surface area contributed by atoms with Crippen LogP contribution >= 0.6 is 0 Å². The Balaban J connectivity index is 1.88. The molecule has 0 radical (unpaired) electrons. The normalized spacial score (nSPS) is 9.42. The van der Waals surface area contributed by atoms with E-state index >= 15 is 0 Å². The molecular weight excluding hydrogens is 292 g/mol. The van der Waals surface area contributed by atoms with E-state index in [0.29, 0.717) is 0 Å². The topological polar surface area (TPSA) is 9.23 Å². The van der Waals surface area contributed by atoms with Crippen LogP contribution in [0.25, 0.3) is 0 Å². The molecule has 0 atom stereocenters. The van der Waals surface area contributed by atoms with Crippen molar-refractivity contribution in [1.29, 1.82) is 0 Å². The van der Waals surface area contributed by atoms with Crippen molar-refractivity contribution in [3.8, 4) is 29.4 Å². The van der Waals surface area contributed by atoms with E-state index in [0.717, 1.165) is 35.5 Å². The lowest BCUT2D eigenvalue weighted by Crippen LogP contribution is -1.96. The summed E-state index contributed by atoms with van der Waals surface area (Å²) in [5.41, 5.74) is 3.00. The van der Waals surface area contributed by atoms with Crippen LogP contribution < -0.4 is 4.74 Å². The number of hydrogen-bond donors (Lipinski definition) is 0. The molecule has 0 saturated heterocycles. The Morgan fingerprint density at radius 2 is 1.25 bits per heavy atom. The predicted octanol–water partition coefficient (Wildman–Crippen LogP) is 5.42. The van der Waals surface area contributed by atoms with Crippen molar-refractivity contribution in [2.45, 2.75) is 39.5 Å². The van der Waals surface area contributed by atoms with Crippen LogP contribution in [0.1, 0.15) is 56.2 Å². The summed E-state index contributed by atoms with van der Waals surface area (Å²) >= 11 is 0. The van der Waals surface area contributed by atoms with Crippen LogP contribution in [-0.4, -0.2) is 6.61 Å². The minimum absolute atomic E-state index is 0.790. The van der Waals surface area contributed by atoms with E-state index in [9.17, 15) is 0 Å². The molecule has 0 spiro atoms. The highest BCUT2D eigenvalue weighted by molar-refractivity contribution is 5.46. The molecule has 0 N–H and O–H groups in total. The van der Waals surface area contributed by atoms with Gasteiger partial charge in [-0.3, -0.25) is 0 Å². The van der Waals surface area contributed by atoms with Crippen molar-refractivity contribution < 1.29 is 4.74 Å². The summed E-state index contributed by atoms with van der Waals surface area (Å²) in [5.74, 6) is 13.2. The maximum Gasteiger partial charge on any atom is 0.119 e. The highest BCUT2D eigenvalue weighted by Crippen LogP contribution is 2.13. The van der Waals surface area contributed by atoms with Gasteiger partial charge >= 0.3 is 0 Å². The van der Waals surface area contributed by atoms with Crippen LogP contribution in [0.2, 0.25) is 0 Å². The summed E-state index contributed by atoms with van der Waals surface area (Å²) in [7, 11) is 0. The first-order valence-electron chi connectivity index (χ1n) is 8.59. The molecule has 0 saturated carbocycles. The fraction of sp³-hybridized carbons (Fsp3) is 0.304. The Kier molecular flexibility index (Phi) is 7.52. The second-order valence-corrected chi connectivity index (χ2v) is 5.64. The molecule has 0 aliphatic carbocycles. The Hall–Kier alpha value is -2.64. The molecule has 1 heteroatoms. The number of benzene rings is 2. The Labute approximate surface area is 146 Å². The van der Waals surface area contributed by atoms with Gasteiger partial charge in [-0.05, 0) is 61.9 Å². The van der Waals surface area contributed by atoms with Gasteiger partial charge in [-0.2, -0.15) is 0 Å². The van der Waals surface area contributed by atoms with Gasteiger partial charge in [-0.15, -0.1) is 5.92 Å². The van der Waals surface area contributed by atoms with Gasteiger partial charge in [0, 0.05) is 16.7 Å². The zero-order valence-electron chi connectivity index (χ0n) is 14.6. The van der Waals surface area contributed by atoms with Gasteiger partial charge in [-0.1, -0.05) is 43.9 Å². The van der Waals surface area contributed by atoms with Gasteiger partial charge < -0.3 is 4.74 Å². The molecule has 0 heterocycles. The predicted molar refractivity (Wildman–Crippen MR) is 101 cm³/mol. The van der Waals surface area contributed by atoms with Crippen LogP contribution in [0.15, 0.2) is 48.5 Å². The molecule has 0 aliphatic rings. The molecule has 0 aliphatic heterocycles. The summed E-state index contributed by atoms with van der Waals surface area (Å²) in [4.78, 5) is 0. The summed E-state index contributed by atoms with van der Waals surface area (Å²) < 4.78 is 5.75. The van der Waals surface area contributed by atoms with Crippen LogP contribution in [0, 0.1) is 23.7 Å². The Morgan fingerprint density at radius 1 is 0.708 bits per heavy atom. The summed E-state index contributed by atoms with van der Waals surface area (Å²) in [5, 5.41) is 0. The monoisotopic (exact) mass is 316 g/mol. The van der Waals surface area contributed by atoms with Gasteiger partial charge in [0.2, 0.25) is 0 Å². The maximum absolute atomic E-state index is 5.75. The maximum atomic E-state index is 5.75. The molecule has 2 aromatic carbocycles. The molecule has 2 aromatic rings. The summed E-state index contributed by atoms with van der Waals surface area (Å²) in [6.45, 7) is 4.85. The van der Waals surface area contributed by atoms with Crippen LogP contribution in [-0.2, 0) is 0 Å². The lowest BCUT2D eigenvalue weighted by molar-refractivity contribution is 0.305. The third kappa shape index (κ3) is 6.23. The second-order valence-electron chi connectivity index (χ2n) is 5.64. The van der Waals surface area contributed by atoms with Crippen molar-refractivity contribution in [3.05, 3.63) is 65.2 Å². The van der Waals surface area contributed by atoms with E-state index in [1.807, 2.05) is 55.5 Å². The zero-order valence-corrected chi connectivity index (χ0v) is 14.6. The number of ether oxygens (including phenoxy) is 1. The SMILES string of the molecule is CC#Cc1ccc(C#Cc2ccc(OCCCCCC)cc2)cc1. The number of hydrogen-bond acceptors (Lipinski definition) is 1. The van der Waals surface area contributed by atoms with Crippen molar-refractivity contribution in [3.63, 3.8) is 0 Å². The van der Waals surface area contributed by atoms with Gasteiger partial charge in [0.25, 0.3) is 0 Å². The largest absolute Gasteiger partial charge is 0.494 e. The summed E-state index contributed by atoms with van der Waals surface area (Å²) in [6, 6.07) is 16.0. The smallest absolute Gasteiger partial charge is 0.119 e. The van der Waals surface area contributed by atoms with Crippen LogP contribution in [0.3, 0.4) is 0 Å². The van der Waals surface area contributed by atoms with E-state index in [1.54, 1.807) is 0 Å². The molecule has 0 fully saturated rings. The first kappa shape index (κ1) is 17.7. The van der Waals surface area contributed by atoms with Crippen LogP contribution in [0.5, 0.6) is 5.75 Å². The van der Waals surface area contributed by atoms with Crippen molar-refractivity contribution in [1.82, 2.24) is 0 Å². The highest BCUT2D eigenvalue weighted by atomic mass is 16.5. The van der Waals surface area contributed by atoms with Crippen LogP contribution in [0.4, 0.5) is 0 Å². The second kappa shape index (κ2) is 10.2. The fourth-order valence-electron chi connectivity index (χ4n) is 2.28. The third-order valence-corrected chi connectivity index (χ3v) is 3.63. The Morgan fingerprint density at radius 3 is 1.79 bits per heavy atom. The molecule has 2 rings (SSSR count). The fourth-order valence-corrected chi connectivity index (χ4v) is 2.28. The van der Waals surface area contributed by atoms with E-state index in [2.05, 4.69) is 30.6 Å². The molecule has 24 heavy (non-hydrogen) atoms. The van der Waals surface area contributed by atoms with Crippen molar-refractivity contribution >= 4 is 0 Å². The molecule has 0 aromatic heterocycles. The van der Waals surface area contributed by atoms with Crippen molar-refractivity contribution in [2.24, 2.45) is 0 Å². The van der Waals surface area contributed by atoms with Gasteiger partial charge in [0.15, 0.2) is 0 Å². The van der Waals surface area contributed by atoms with E-state index in [4.69, 9.17) is 4.74 Å². The minimum atomic E-state index is 0.790. The Bertz CT molecular complexity index is 731. The quantitative estimate of drug-likeness (QED) is 0.511. The van der Waals surface area contributed by atoms with E-state index < -0.39 is 0 Å². The molecular formula is C23H24O. The standard InChI is InChI=1S/C23H24O/c1-3-5-6-7-19-24-23-17-15-22(16-18-23)14-13-21-11-9-20(8-4-2)10-12-21/h9-12,15-18H,3,5-7,19H2,1-2H3. The summed E-state index contributed by atoms with van der Waals surface area (Å²) in [6.07, 6.45) is 4.89. The van der Waals surface area contributed by atoms with E-state index in [-0.39, 0.29) is 0 Å². The first-order chi connectivity index (χ1) is 11.8. The number of unbranched alkanes of at least 4 members (excludes halogenated alkanes) is 3. The third-order valence-electron chi connectivity index (χ3n) is 3.63. The zero-order chi connectivity index (χ0) is 17.0. The van der Waals surface area contributed by atoms with Gasteiger partial charge in [0.05, 0.1) is 6.61 Å². The molecule has 0 bridgehead atoms. The van der Waals surface area contributed by atoms with Gasteiger partial charge in [0.1, 0.15) is 5.75 Å². The minimum Gasteiger partial charge on any atom is -0.494 e. The average Bonchev–Trinajstić information content (AvgIpc) is 2.62. The molecule has 122 valence electrons. The number of rotatable bonds is 6. The highest BCUT2D eigenvalue weighted by Gasteiger charge is 1.94. The lowest BCUT2D eigenvalue weighted by Gasteiger charge is -2.05. The lowest BCUT2D eigenvalue weighted by atomic mass is 10.1. The van der Waals surface area contributed by atoms with Gasteiger partial charge in [-0.25, -0.2) is 0 Å². The first-order valence-corrected chi connectivity index (χ1v) is 8.59.